The summed E-state index contributed by atoms with van der Waals surface area (Å²) in [6.07, 6.45) is 12.7. The Balaban J connectivity index is 1.66. The number of hydrogen-bond donors (Lipinski definition) is 2. The molecule has 0 aliphatic carbocycles. The van der Waals surface area contributed by atoms with Gasteiger partial charge in [0.15, 0.2) is 5.82 Å². The van der Waals surface area contributed by atoms with Crippen molar-refractivity contribution >= 4 is 29.4 Å². The molecule has 144 valence electrons. The summed E-state index contributed by atoms with van der Waals surface area (Å²) >= 11 is 1.69. The number of thioether (sulfide) groups is 1. The van der Waals surface area contributed by atoms with Gasteiger partial charge in [-0.15, -0.1) is 11.8 Å². The van der Waals surface area contributed by atoms with Gasteiger partial charge >= 0.3 is 0 Å². The largest absolute Gasteiger partial charge is 0.404 e. The van der Waals surface area contributed by atoms with Gasteiger partial charge in [-0.2, -0.15) is 0 Å². The van der Waals surface area contributed by atoms with Crippen LogP contribution in [-0.4, -0.2) is 44.9 Å². The van der Waals surface area contributed by atoms with E-state index in [1.807, 2.05) is 22.7 Å². The number of nitrogens with zero attached hydrogens (tertiary/aromatic N) is 5. The monoisotopic (exact) mass is 393 g/mol. The fourth-order valence-corrected chi connectivity index (χ4v) is 4.07. The Labute approximate surface area is 168 Å². The van der Waals surface area contributed by atoms with E-state index < -0.39 is 0 Å². The second-order valence-corrected chi connectivity index (χ2v) is 7.65. The SMILES string of the molecule is CSc1ccc2ncc(-c3nccc(N4CCCC(/C(C=N)=C/N)C4)n3)n2c1. The van der Waals surface area contributed by atoms with Gasteiger partial charge in [-0.25, -0.2) is 15.0 Å². The molecule has 1 unspecified atom stereocenters. The third-order valence-corrected chi connectivity index (χ3v) is 5.87. The first-order chi connectivity index (χ1) is 13.7. The number of piperidine rings is 1. The molecule has 0 saturated carbocycles. The second-order valence-electron chi connectivity index (χ2n) is 6.78. The molecule has 0 aromatic carbocycles. The molecular formula is C20H23N7S. The van der Waals surface area contributed by atoms with Crippen LogP contribution in [0.5, 0.6) is 0 Å². The zero-order valence-electron chi connectivity index (χ0n) is 15.7. The van der Waals surface area contributed by atoms with Gasteiger partial charge in [0.25, 0.3) is 0 Å². The number of anilines is 1. The molecule has 7 nitrogen and oxygen atoms in total. The van der Waals surface area contributed by atoms with E-state index in [-0.39, 0.29) is 5.92 Å². The molecular weight excluding hydrogens is 370 g/mol. The standard InChI is InChI=1S/C20H23N7S/c1-28-16-4-5-18-24-11-17(27(18)13-16)20-23-7-6-19(25-20)26-8-2-3-14(12-26)15(9-21)10-22/h4-7,9-11,13-14,21H,2-3,8,12,22H2,1H3/b15-10+,21-9?. The van der Waals surface area contributed by atoms with Crippen molar-refractivity contribution in [1.29, 1.82) is 5.41 Å². The van der Waals surface area contributed by atoms with Crippen molar-refractivity contribution in [1.82, 2.24) is 19.4 Å². The first kappa shape index (κ1) is 18.5. The fourth-order valence-electron chi connectivity index (χ4n) is 3.66. The molecule has 0 radical (unpaired) electrons. The Morgan fingerprint density at radius 1 is 1.32 bits per heavy atom. The van der Waals surface area contributed by atoms with E-state index in [0.29, 0.717) is 5.82 Å². The van der Waals surface area contributed by atoms with Crippen molar-refractivity contribution in [2.75, 3.05) is 24.2 Å². The van der Waals surface area contributed by atoms with Gasteiger partial charge in [-0.3, -0.25) is 4.40 Å². The molecule has 1 saturated heterocycles. The van der Waals surface area contributed by atoms with E-state index in [1.165, 1.54) is 6.21 Å². The van der Waals surface area contributed by atoms with Gasteiger partial charge in [-0.05, 0) is 49.1 Å². The molecule has 8 heteroatoms. The predicted molar refractivity (Wildman–Crippen MR) is 114 cm³/mol. The van der Waals surface area contributed by atoms with Gasteiger partial charge in [0.1, 0.15) is 17.2 Å². The molecule has 3 N–H and O–H groups in total. The lowest BCUT2D eigenvalue weighted by Gasteiger charge is -2.34. The number of fused-ring (bicyclic) bond motifs is 1. The smallest absolute Gasteiger partial charge is 0.180 e. The van der Waals surface area contributed by atoms with E-state index >= 15 is 0 Å². The van der Waals surface area contributed by atoms with Crippen LogP contribution in [0.2, 0.25) is 0 Å². The molecule has 1 fully saturated rings. The fraction of sp³-hybridized carbons (Fsp3) is 0.300. The highest BCUT2D eigenvalue weighted by Crippen LogP contribution is 2.27. The quantitative estimate of drug-likeness (QED) is 0.510. The van der Waals surface area contributed by atoms with Crippen LogP contribution in [-0.2, 0) is 0 Å². The molecule has 0 spiro atoms. The van der Waals surface area contributed by atoms with E-state index in [9.17, 15) is 0 Å². The van der Waals surface area contributed by atoms with Crippen LogP contribution in [0.3, 0.4) is 0 Å². The van der Waals surface area contributed by atoms with Crippen molar-refractivity contribution in [3.63, 3.8) is 0 Å². The summed E-state index contributed by atoms with van der Waals surface area (Å²) in [5.41, 5.74) is 8.33. The number of nitrogens with one attached hydrogen (secondary N) is 1. The Kier molecular flexibility index (Phi) is 5.29. The summed E-state index contributed by atoms with van der Waals surface area (Å²) in [5.74, 6) is 1.81. The normalized spacial score (nSPS) is 17.8. The molecule has 1 atom stereocenters. The minimum Gasteiger partial charge on any atom is -0.404 e. The van der Waals surface area contributed by atoms with Gasteiger partial charge in [0.05, 0.1) is 6.20 Å². The minimum atomic E-state index is 0.259. The number of nitrogens with two attached hydrogens (primary N) is 1. The van der Waals surface area contributed by atoms with Crippen LogP contribution in [0.1, 0.15) is 12.8 Å². The van der Waals surface area contributed by atoms with Gasteiger partial charge in [-0.1, -0.05) is 0 Å². The Hall–Kier alpha value is -2.87. The lowest BCUT2D eigenvalue weighted by Crippen LogP contribution is -2.37. The maximum absolute atomic E-state index is 7.58. The van der Waals surface area contributed by atoms with Gasteiger partial charge in [0, 0.05) is 42.5 Å². The lowest BCUT2D eigenvalue weighted by atomic mass is 9.91. The maximum Gasteiger partial charge on any atom is 0.180 e. The number of hydrogen-bond acceptors (Lipinski definition) is 7. The van der Waals surface area contributed by atoms with Crippen molar-refractivity contribution in [2.45, 2.75) is 17.7 Å². The first-order valence-electron chi connectivity index (χ1n) is 9.25. The van der Waals surface area contributed by atoms with Crippen LogP contribution < -0.4 is 10.6 Å². The molecule has 4 rings (SSSR count). The molecule has 3 aromatic rings. The molecule has 1 aliphatic rings. The molecule has 28 heavy (non-hydrogen) atoms. The average molecular weight is 394 g/mol. The van der Waals surface area contributed by atoms with Crippen molar-refractivity contribution in [2.24, 2.45) is 11.7 Å². The zero-order valence-corrected chi connectivity index (χ0v) is 16.6. The van der Waals surface area contributed by atoms with Crippen molar-refractivity contribution in [3.05, 3.63) is 48.6 Å². The Bertz CT molecular complexity index is 1030. The number of rotatable bonds is 5. The van der Waals surface area contributed by atoms with Crippen LogP contribution in [0.15, 0.2) is 53.5 Å². The first-order valence-corrected chi connectivity index (χ1v) is 10.5. The second kappa shape index (κ2) is 8.02. The van der Waals surface area contributed by atoms with Gasteiger partial charge in [0.2, 0.25) is 0 Å². The summed E-state index contributed by atoms with van der Waals surface area (Å²) in [5, 5.41) is 7.58. The summed E-state index contributed by atoms with van der Waals surface area (Å²) in [6, 6.07) is 6.01. The highest BCUT2D eigenvalue weighted by atomic mass is 32.2. The van der Waals surface area contributed by atoms with Crippen molar-refractivity contribution in [3.8, 4) is 11.5 Å². The topological polar surface area (TPSA) is 96.2 Å². The third kappa shape index (κ3) is 3.47. The minimum absolute atomic E-state index is 0.259. The van der Waals surface area contributed by atoms with E-state index in [0.717, 1.165) is 53.6 Å². The molecule has 4 heterocycles. The summed E-state index contributed by atoms with van der Waals surface area (Å²) in [4.78, 5) is 17.2. The summed E-state index contributed by atoms with van der Waals surface area (Å²) in [7, 11) is 0. The van der Waals surface area contributed by atoms with Crippen LogP contribution in [0.25, 0.3) is 17.2 Å². The molecule has 1 aliphatic heterocycles. The molecule has 0 bridgehead atoms. The Morgan fingerprint density at radius 2 is 2.21 bits per heavy atom. The molecule has 0 amide bonds. The van der Waals surface area contributed by atoms with Crippen LogP contribution >= 0.6 is 11.8 Å². The predicted octanol–water partition coefficient (Wildman–Crippen LogP) is 3.22. The van der Waals surface area contributed by atoms with Crippen molar-refractivity contribution < 1.29 is 0 Å². The highest BCUT2D eigenvalue weighted by Gasteiger charge is 2.23. The number of aromatic nitrogens is 4. The van der Waals surface area contributed by atoms with Crippen LogP contribution in [0.4, 0.5) is 5.82 Å². The summed E-state index contributed by atoms with van der Waals surface area (Å²) in [6.45, 7) is 1.74. The highest BCUT2D eigenvalue weighted by molar-refractivity contribution is 7.98. The molecule has 3 aromatic heterocycles. The number of imidazole rings is 1. The lowest BCUT2D eigenvalue weighted by molar-refractivity contribution is 0.473. The summed E-state index contributed by atoms with van der Waals surface area (Å²) < 4.78 is 2.04. The average Bonchev–Trinajstić information content (AvgIpc) is 3.18. The van der Waals surface area contributed by atoms with E-state index in [2.05, 4.69) is 33.4 Å². The zero-order chi connectivity index (χ0) is 19.5. The van der Waals surface area contributed by atoms with E-state index in [4.69, 9.17) is 16.1 Å². The van der Waals surface area contributed by atoms with Crippen LogP contribution in [0, 0.1) is 11.3 Å². The maximum atomic E-state index is 7.58. The Morgan fingerprint density at radius 3 is 3.00 bits per heavy atom. The van der Waals surface area contributed by atoms with Gasteiger partial charge < -0.3 is 16.0 Å². The van der Waals surface area contributed by atoms with E-state index in [1.54, 1.807) is 24.2 Å². The number of pyridine rings is 1. The third-order valence-electron chi connectivity index (χ3n) is 5.16.